The average Bonchev–Trinajstić information content (AvgIpc) is 2.84. The number of hydrogen-bond donors (Lipinski definition) is 4. The second-order valence-corrected chi connectivity index (χ2v) is 8.60. The summed E-state index contributed by atoms with van der Waals surface area (Å²) in [6, 6.07) is 12.3. The van der Waals surface area contributed by atoms with Crippen LogP contribution < -0.4 is 21.7 Å². The monoisotopic (exact) mass is 515 g/mol. The molecule has 0 spiro atoms. The van der Waals surface area contributed by atoms with Gasteiger partial charge in [-0.05, 0) is 61.3 Å². The Kier molecular flexibility index (Phi) is 9.32. The van der Waals surface area contributed by atoms with E-state index < -0.39 is 17.5 Å². The molecule has 0 aliphatic carbocycles. The van der Waals surface area contributed by atoms with Crippen LogP contribution in [0.25, 0.3) is 0 Å². The van der Waals surface area contributed by atoms with Crippen LogP contribution >= 0.6 is 12.4 Å². The molecular weight excluding hydrogens is 488 g/mol. The zero-order valence-corrected chi connectivity index (χ0v) is 20.3. The molecule has 3 aromatic rings. The summed E-state index contributed by atoms with van der Waals surface area (Å²) in [5.41, 5.74) is 8.05. The number of carbonyl (C=O) groups is 2. The fourth-order valence-electron chi connectivity index (χ4n) is 4.12. The van der Waals surface area contributed by atoms with Crippen molar-refractivity contribution in [3.8, 4) is 0 Å². The molecule has 0 radical (unpaired) electrons. The molecule has 2 aromatic carbocycles. The summed E-state index contributed by atoms with van der Waals surface area (Å²) in [5.74, 6) is -1.22. The predicted molar refractivity (Wildman–Crippen MR) is 138 cm³/mol. The minimum atomic E-state index is -0.685. The number of benzene rings is 2. The number of hydrogen-bond acceptors (Lipinski definition) is 6. The van der Waals surface area contributed by atoms with Gasteiger partial charge in [0, 0.05) is 42.9 Å². The summed E-state index contributed by atoms with van der Waals surface area (Å²) in [5, 5.41) is 9.42. The van der Waals surface area contributed by atoms with Gasteiger partial charge < -0.3 is 21.7 Å². The first-order chi connectivity index (χ1) is 16.9. The van der Waals surface area contributed by atoms with Crippen molar-refractivity contribution < 1.29 is 18.4 Å². The minimum Gasteiger partial charge on any atom is -0.380 e. The number of aromatic nitrogens is 1. The molecule has 1 amide bonds. The Morgan fingerprint density at radius 1 is 1.00 bits per heavy atom. The molecule has 190 valence electrons. The number of Topliss-reactive ketones (excluding diaryl/α,β-unsaturated/α-hetero) is 1. The Morgan fingerprint density at radius 3 is 2.31 bits per heavy atom. The van der Waals surface area contributed by atoms with Gasteiger partial charge in [0.05, 0.1) is 11.3 Å². The van der Waals surface area contributed by atoms with Crippen molar-refractivity contribution in [1.82, 2.24) is 10.3 Å². The second kappa shape index (κ2) is 12.4. The first kappa shape index (κ1) is 27.0. The lowest BCUT2D eigenvalue weighted by Gasteiger charge is -2.21. The van der Waals surface area contributed by atoms with Crippen molar-refractivity contribution >= 4 is 41.3 Å². The van der Waals surface area contributed by atoms with E-state index in [2.05, 4.69) is 20.9 Å². The van der Waals surface area contributed by atoms with E-state index in [0.717, 1.165) is 43.2 Å². The average molecular weight is 516 g/mol. The lowest BCUT2D eigenvalue weighted by molar-refractivity contribution is -0.122. The van der Waals surface area contributed by atoms with Gasteiger partial charge in [-0.1, -0.05) is 12.1 Å². The van der Waals surface area contributed by atoms with E-state index >= 15 is 0 Å². The van der Waals surface area contributed by atoms with Gasteiger partial charge in [-0.3, -0.25) is 9.59 Å². The van der Waals surface area contributed by atoms with Gasteiger partial charge in [-0.15, -0.1) is 12.4 Å². The molecule has 4 rings (SSSR count). The van der Waals surface area contributed by atoms with Gasteiger partial charge in [0.2, 0.25) is 0 Å². The summed E-state index contributed by atoms with van der Waals surface area (Å²) >= 11 is 0. The van der Waals surface area contributed by atoms with Crippen LogP contribution in [0.3, 0.4) is 0 Å². The fourth-order valence-corrected chi connectivity index (χ4v) is 4.12. The number of nitrogens with zero attached hydrogens (tertiary/aromatic N) is 1. The van der Waals surface area contributed by atoms with Crippen molar-refractivity contribution in [2.75, 3.05) is 23.7 Å². The first-order valence-electron chi connectivity index (χ1n) is 11.5. The molecule has 7 nitrogen and oxygen atoms in total. The van der Waals surface area contributed by atoms with Gasteiger partial charge in [0.1, 0.15) is 23.2 Å². The third-order valence-corrected chi connectivity index (χ3v) is 5.97. The van der Waals surface area contributed by atoms with E-state index in [1.807, 2.05) is 24.3 Å². The number of ketones is 1. The smallest absolute Gasteiger partial charge is 0.252 e. The van der Waals surface area contributed by atoms with E-state index in [1.165, 1.54) is 18.3 Å². The second-order valence-electron chi connectivity index (χ2n) is 8.60. The number of nitrogens with two attached hydrogens (primary N) is 1. The van der Waals surface area contributed by atoms with Crippen LogP contribution in [-0.2, 0) is 17.8 Å². The van der Waals surface area contributed by atoms with Crippen molar-refractivity contribution in [2.24, 2.45) is 11.7 Å². The molecule has 0 saturated carbocycles. The number of rotatable bonds is 9. The number of nitrogens with one attached hydrogen (secondary N) is 3. The van der Waals surface area contributed by atoms with Crippen LogP contribution in [-0.4, -0.2) is 29.8 Å². The third kappa shape index (κ3) is 7.22. The van der Waals surface area contributed by atoms with E-state index in [4.69, 9.17) is 5.73 Å². The maximum atomic E-state index is 13.5. The Balaban J connectivity index is 0.00000361. The van der Waals surface area contributed by atoms with Crippen molar-refractivity contribution in [2.45, 2.75) is 25.8 Å². The largest absolute Gasteiger partial charge is 0.380 e. The maximum Gasteiger partial charge on any atom is 0.252 e. The lowest BCUT2D eigenvalue weighted by Crippen LogP contribution is -2.32. The summed E-state index contributed by atoms with van der Waals surface area (Å²) < 4.78 is 27.0. The predicted octanol–water partition coefficient (Wildman–Crippen LogP) is 4.35. The normalized spacial score (nSPS) is 13.5. The molecule has 1 saturated heterocycles. The number of halogens is 3. The van der Waals surface area contributed by atoms with Crippen LogP contribution in [0.4, 0.5) is 26.0 Å². The van der Waals surface area contributed by atoms with E-state index in [-0.39, 0.29) is 36.2 Å². The molecule has 10 heteroatoms. The Morgan fingerprint density at radius 2 is 1.67 bits per heavy atom. The standard InChI is InChI=1S/C26H27F2N5O2.ClH/c27-19-9-17(10-20(28)12-19)14-31-23-13-25(32-15-22(23)26(29)35)33-21-3-1-16(2-4-21)11-24(34)18-5-7-30-8-6-18;/h1-4,9-10,12-13,15,18,30H,5-8,11,14H2,(H2,29,35)(H2,31,32,33);1H. The van der Waals surface area contributed by atoms with Crippen LogP contribution in [0.15, 0.2) is 54.7 Å². The topological polar surface area (TPSA) is 109 Å². The Hall–Kier alpha value is -3.56. The van der Waals surface area contributed by atoms with Crippen LogP contribution in [0.1, 0.15) is 34.3 Å². The maximum absolute atomic E-state index is 13.5. The highest BCUT2D eigenvalue weighted by Gasteiger charge is 2.20. The molecule has 2 heterocycles. The first-order valence-corrected chi connectivity index (χ1v) is 11.5. The molecule has 0 unspecified atom stereocenters. The van der Waals surface area contributed by atoms with Gasteiger partial charge in [0.25, 0.3) is 5.91 Å². The van der Waals surface area contributed by atoms with Crippen LogP contribution in [0, 0.1) is 17.6 Å². The van der Waals surface area contributed by atoms with E-state index in [1.54, 1.807) is 6.07 Å². The van der Waals surface area contributed by atoms with Crippen molar-refractivity contribution in [3.63, 3.8) is 0 Å². The van der Waals surface area contributed by atoms with E-state index in [9.17, 15) is 18.4 Å². The quantitative estimate of drug-likeness (QED) is 0.337. The Labute approximate surface area is 214 Å². The highest BCUT2D eigenvalue weighted by molar-refractivity contribution is 5.98. The molecule has 5 N–H and O–H groups in total. The van der Waals surface area contributed by atoms with Crippen LogP contribution in [0.5, 0.6) is 0 Å². The SMILES string of the molecule is Cl.NC(=O)c1cnc(Nc2ccc(CC(=O)C3CCNCC3)cc2)cc1NCc1cc(F)cc(F)c1. The minimum absolute atomic E-state index is 0. The molecule has 1 fully saturated rings. The molecular formula is C26H28ClF2N5O2. The fraction of sp³-hybridized carbons (Fsp3) is 0.269. The number of carbonyl (C=O) groups excluding carboxylic acids is 2. The summed E-state index contributed by atoms with van der Waals surface area (Å²) in [7, 11) is 0. The van der Waals surface area contributed by atoms with Gasteiger partial charge >= 0.3 is 0 Å². The van der Waals surface area contributed by atoms with Crippen molar-refractivity contribution in [1.29, 1.82) is 0 Å². The number of pyridine rings is 1. The summed E-state index contributed by atoms with van der Waals surface area (Å²) in [6.07, 6.45) is 3.52. The number of amides is 1. The van der Waals surface area contributed by atoms with Crippen molar-refractivity contribution in [3.05, 3.63) is 83.1 Å². The molecule has 1 aliphatic rings. The van der Waals surface area contributed by atoms with Crippen LogP contribution in [0.2, 0.25) is 0 Å². The molecule has 1 aliphatic heterocycles. The number of piperidine rings is 1. The van der Waals surface area contributed by atoms with Gasteiger partial charge in [0.15, 0.2) is 0 Å². The lowest BCUT2D eigenvalue weighted by atomic mass is 9.90. The molecule has 36 heavy (non-hydrogen) atoms. The zero-order chi connectivity index (χ0) is 24.8. The highest BCUT2D eigenvalue weighted by atomic mass is 35.5. The number of primary amides is 1. The zero-order valence-electron chi connectivity index (χ0n) is 19.5. The Bertz CT molecular complexity index is 1200. The molecule has 0 bridgehead atoms. The third-order valence-electron chi connectivity index (χ3n) is 5.97. The van der Waals surface area contributed by atoms with Gasteiger partial charge in [-0.25, -0.2) is 13.8 Å². The summed E-state index contributed by atoms with van der Waals surface area (Å²) in [4.78, 5) is 28.6. The van der Waals surface area contributed by atoms with Gasteiger partial charge in [-0.2, -0.15) is 0 Å². The summed E-state index contributed by atoms with van der Waals surface area (Å²) in [6.45, 7) is 1.85. The highest BCUT2D eigenvalue weighted by Crippen LogP contribution is 2.23. The van der Waals surface area contributed by atoms with E-state index in [0.29, 0.717) is 23.5 Å². The molecule has 0 atom stereocenters. The number of anilines is 3. The molecule has 1 aromatic heterocycles.